The summed E-state index contributed by atoms with van der Waals surface area (Å²) in [6.45, 7) is 0.888. The lowest BCUT2D eigenvalue weighted by atomic mass is 10.1. The van der Waals surface area contributed by atoms with Gasteiger partial charge in [-0.1, -0.05) is 78.9 Å². The van der Waals surface area contributed by atoms with Crippen LogP contribution in [0.5, 0.6) is 0 Å². The monoisotopic (exact) mass is 419 g/mol. The second kappa shape index (κ2) is 17.3. The van der Waals surface area contributed by atoms with E-state index in [4.69, 9.17) is 0 Å². The van der Waals surface area contributed by atoms with Crippen LogP contribution in [0.2, 0.25) is 0 Å². The Kier molecular flexibility index (Phi) is 13.9. The van der Waals surface area contributed by atoms with Crippen LogP contribution in [0, 0.1) is 5.92 Å². The summed E-state index contributed by atoms with van der Waals surface area (Å²) in [5.41, 5.74) is 1.45. The minimum atomic E-state index is 0.213. The lowest BCUT2D eigenvalue weighted by molar-refractivity contribution is -0.121. The summed E-state index contributed by atoms with van der Waals surface area (Å²) in [6.07, 6.45) is 31.0. The normalized spacial score (nSPS) is 14.5. The van der Waals surface area contributed by atoms with Crippen molar-refractivity contribution in [3.8, 4) is 0 Å². The molecule has 1 amide bonds. The summed E-state index contributed by atoms with van der Waals surface area (Å²) in [4.78, 5) is 11.6. The standard InChI is InChI=1S/C29H41NO/c31-29(30-26-28-24-25-28)23-19-14-12-10-8-6-4-2-1-3-5-7-9-11-13-16-20-27-21-17-15-18-22-27/h1,3-4,6-7,9-10,12,15,17-18,21-22,28H,2,5,8,11,13-14,16,19-20,23-26H2,(H,30,31). The van der Waals surface area contributed by atoms with Gasteiger partial charge in [0.25, 0.3) is 0 Å². The van der Waals surface area contributed by atoms with Gasteiger partial charge in [0.2, 0.25) is 5.91 Å². The van der Waals surface area contributed by atoms with E-state index in [1.807, 2.05) is 0 Å². The van der Waals surface area contributed by atoms with E-state index < -0.39 is 0 Å². The fourth-order valence-corrected chi connectivity index (χ4v) is 3.33. The van der Waals surface area contributed by atoms with Crippen LogP contribution in [0.15, 0.2) is 78.9 Å². The smallest absolute Gasteiger partial charge is 0.220 e. The maximum atomic E-state index is 11.6. The first kappa shape index (κ1) is 24.9. The number of hydrogen-bond donors (Lipinski definition) is 1. The van der Waals surface area contributed by atoms with Crippen LogP contribution in [0.3, 0.4) is 0 Å². The molecule has 0 bridgehead atoms. The number of benzene rings is 1. The van der Waals surface area contributed by atoms with Crippen LogP contribution in [0.25, 0.3) is 0 Å². The van der Waals surface area contributed by atoms with E-state index in [-0.39, 0.29) is 5.91 Å². The zero-order chi connectivity index (χ0) is 21.8. The van der Waals surface area contributed by atoms with Crippen molar-refractivity contribution in [2.75, 3.05) is 6.54 Å². The van der Waals surface area contributed by atoms with Crippen LogP contribution in [0.4, 0.5) is 0 Å². The zero-order valence-electron chi connectivity index (χ0n) is 19.2. The van der Waals surface area contributed by atoms with Crippen LogP contribution in [-0.4, -0.2) is 12.5 Å². The minimum absolute atomic E-state index is 0.213. The molecule has 2 heteroatoms. The van der Waals surface area contributed by atoms with Crippen molar-refractivity contribution in [1.29, 1.82) is 0 Å². The third-order valence-corrected chi connectivity index (χ3v) is 5.47. The largest absolute Gasteiger partial charge is 0.356 e. The molecule has 1 aromatic carbocycles. The van der Waals surface area contributed by atoms with Crippen molar-refractivity contribution < 1.29 is 4.79 Å². The molecule has 0 unspecified atom stereocenters. The summed E-state index contributed by atoms with van der Waals surface area (Å²) < 4.78 is 0. The molecule has 1 fully saturated rings. The minimum Gasteiger partial charge on any atom is -0.356 e. The summed E-state index contributed by atoms with van der Waals surface area (Å²) in [5.74, 6) is 0.979. The number of amides is 1. The highest BCUT2D eigenvalue weighted by Crippen LogP contribution is 2.27. The average molecular weight is 420 g/mol. The lowest BCUT2D eigenvalue weighted by Gasteiger charge is -2.02. The predicted octanol–water partition coefficient (Wildman–Crippen LogP) is 7.49. The van der Waals surface area contributed by atoms with Crippen molar-refractivity contribution >= 4 is 5.91 Å². The second-order valence-electron chi connectivity index (χ2n) is 8.46. The van der Waals surface area contributed by atoms with Gasteiger partial charge in [0, 0.05) is 13.0 Å². The van der Waals surface area contributed by atoms with Crippen molar-refractivity contribution in [3.63, 3.8) is 0 Å². The van der Waals surface area contributed by atoms with Crippen molar-refractivity contribution in [2.45, 2.75) is 77.0 Å². The molecule has 0 saturated heterocycles. The van der Waals surface area contributed by atoms with Gasteiger partial charge in [0.1, 0.15) is 0 Å². The summed E-state index contributed by atoms with van der Waals surface area (Å²) in [5, 5.41) is 3.02. The van der Waals surface area contributed by atoms with Crippen LogP contribution < -0.4 is 5.32 Å². The molecule has 1 aromatic rings. The van der Waals surface area contributed by atoms with Gasteiger partial charge in [-0.3, -0.25) is 4.79 Å². The van der Waals surface area contributed by atoms with E-state index in [1.54, 1.807) is 0 Å². The van der Waals surface area contributed by atoms with Crippen LogP contribution in [0.1, 0.15) is 76.2 Å². The average Bonchev–Trinajstić information content (AvgIpc) is 3.62. The Balaban J connectivity index is 1.34. The molecule has 168 valence electrons. The number of allylic oxidation sites excluding steroid dienone is 8. The summed E-state index contributed by atoms with van der Waals surface area (Å²) in [6, 6.07) is 10.7. The third kappa shape index (κ3) is 15.2. The first-order chi connectivity index (χ1) is 15.3. The molecule has 1 saturated carbocycles. The molecular weight excluding hydrogens is 378 g/mol. The van der Waals surface area contributed by atoms with Gasteiger partial charge in [0.15, 0.2) is 0 Å². The number of carbonyl (C=O) groups excluding carboxylic acids is 1. The Bertz CT molecular complexity index is 695. The van der Waals surface area contributed by atoms with Gasteiger partial charge >= 0.3 is 0 Å². The first-order valence-electron chi connectivity index (χ1n) is 12.2. The molecular formula is C29H41NO. The fourth-order valence-electron chi connectivity index (χ4n) is 3.33. The van der Waals surface area contributed by atoms with E-state index >= 15 is 0 Å². The van der Waals surface area contributed by atoms with Gasteiger partial charge in [0.05, 0.1) is 0 Å². The van der Waals surface area contributed by atoms with Crippen molar-refractivity contribution in [1.82, 2.24) is 5.32 Å². The molecule has 0 aliphatic heterocycles. The Morgan fingerprint density at radius 3 is 1.97 bits per heavy atom. The fraction of sp³-hybridized carbons (Fsp3) is 0.483. The number of unbranched alkanes of at least 4 members (excludes halogenated alkanes) is 3. The van der Waals surface area contributed by atoms with E-state index in [2.05, 4.69) is 84.3 Å². The molecule has 1 N–H and O–H groups in total. The molecule has 0 heterocycles. The topological polar surface area (TPSA) is 29.1 Å². The quantitative estimate of drug-likeness (QED) is 0.206. The van der Waals surface area contributed by atoms with Gasteiger partial charge in [-0.15, -0.1) is 0 Å². The van der Waals surface area contributed by atoms with Crippen molar-refractivity contribution in [2.24, 2.45) is 5.92 Å². The molecule has 1 aliphatic rings. The third-order valence-electron chi connectivity index (χ3n) is 5.47. The number of nitrogens with one attached hydrogen (secondary N) is 1. The van der Waals surface area contributed by atoms with E-state index in [1.165, 1.54) is 44.1 Å². The maximum Gasteiger partial charge on any atom is 0.220 e. The molecule has 31 heavy (non-hydrogen) atoms. The lowest BCUT2D eigenvalue weighted by Crippen LogP contribution is -2.24. The Morgan fingerprint density at radius 2 is 1.35 bits per heavy atom. The predicted molar refractivity (Wildman–Crippen MR) is 134 cm³/mol. The highest BCUT2D eigenvalue weighted by atomic mass is 16.1. The first-order valence-corrected chi connectivity index (χ1v) is 12.2. The highest BCUT2D eigenvalue weighted by molar-refractivity contribution is 5.75. The van der Waals surface area contributed by atoms with Gasteiger partial charge in [-0.2, -0.15) is 0 Å². The molecule has 0 aromatic heterocycles. The number of rotatable bonds is 17. The number of hydrogen-bond acceptors (Lipinski definition) is 1. The molecule has 0 atom stereocenters. The van der Waals surface area contributed by atoms with Crippen LogP contribution in [-0.2, 0) is 11.2 Å². The molecule has 0 spiro atoms. The second-order valence-corrected chi connectivity index (χ2v) is 8.46. The molecule has 2 nitrogen and oxygen atoms in total. The Hall–Kier alpha value is -2.35. The van der Waals surface area contributed by atoms with Crippen molar-refractivity contribution in [3.05, 3.63) is 84.5 Å². The highest BCUT2D eigenvalue weighted by Gasteiger charge is 2.21. The van der Waals surface area contributed by atoms with Gasteiger partial charge < -0.3 is 5.32 Å². The van der Waals surface area contributed by atoms with Gasteiger partial charge in [-0.25, -0.2) is 0 Å². The zero-order valence-corrected chi connectivity index (χ0v) is 19.2. The van der Waals surface area contributed by atoms with E-state index in [9.17, 15) is 4.79 Å². The molecule has 2 rings (SSSR count). The summed E-state index contributed by atoms with van der Waals surface area (Å²) in [7, 11) is 0. The van der Waals surface area contributed by atoms with Gasteiger partial charge in [-0.05, 0) is 82.1 Å². The maximum absolute atomic E-state index is 11.6. The Labute approximate surface area is 190 Å². The SMILES string of the molecule is O=C(CCCC=CCC=CCC=CCC=CCCCCc1ccccc1)NCC1CC1. The van der Waals surface area contributed by atoms with Crippen LogP contribution >= 0.6 is 0 Å². The number of aryl methyl sites for hydroxylation is 1. The van der Waals surface area contributed by atoms with E-state index in [0.717, 1.165) is 44.6 Å². The van der Waals surface area contributed by atoms with E-state index in [0.29, 0.717) is 6.42 Å². The molecule has 1 aliphatic carbocycles. The summed E-state index contributed by atoms with van der Waals surface area (Å²) >= 11 is 0. The number of carbonyl (C=O) groups is 1. The molecule has 0 radical (unpaired) electrons. The Morgan fingerprint density at radius 1 is 0.774 bits per heavy atom.